The first-order valence-corrected chi connectivity index (χ1v) is 8.20. The van der Waals surface area contributed by atoms with E-state index in [-0.39, 0.29) is 42.7 Å². The van der Waals surface area contributed by atoms with Crippen molar-refractivity contribution in [3.63, 3.8) is 0 Å². The molecule has 0 saturated carbocycles. The van der Waals surface area contributed by atoms with Crippen LogP contribution in [-0.2, 0) is 9.59 Å². The van der Waals surface area contributed by atoms with E-state index >= 15 is 0 Å². The van der Waals surface area contributed by atoms with Crippen LogP contribution in [0.1, 0.15) is 32.4 Å². The van der Waals surface area contributed by atoms with Crippen LogP contribution in [0, 0.1) is 5.92 Å². The van der Waals surface area contributed by atoms with E-state index in [1.165, 1.54) is 0 Å². The zero-order chi connectivity index (χ0) is 17.7. The molecule has 6 heteroatoms. The summed E-state index contributed by atoms with van der Waals surface area (Å²) in [6.45, 7) is 5.58. The predicted molar refractivity (Wildman–Crippen MR) is 104 cm³/mol. The first kappa shape index (κ1) is 20.9. The maximum absolute atomic E-state index is 12.0. The Labute approximate surface area is 154 Å². The van der Waals surface area contributed by atoms with Gasteiger partial charge in [-0.15, -0.1) is 12.4 Å². The van der Waals surface area contributed by atoms with Crippen molar-refractivity contribution in [1.29, 1.82) is 0 Å². The fourth-order valence-corrected chi connectivity index (χ4v) is 2.44. The van der Waals surface area contributed by atoms with E-state index in [0.29, 0.717) is 0 Å². The molecule has 2 amide bonds. The molecule has 0 aromatic heterocycles. The van der Waals surface area contributed by atoms with Crippen LogP contribution >= 0.6 is 12.4 Å². The second kappa shape index (κ2) is 9.39. The Kier molecular flexibility index (Phi) is 7.87. The van der Waals surface area contributed by atoms with Gasteiger partial charge in [0.05, 0.1) is 18.6 Å². The van der Waals surface area contributed by atoms with Crippen LogP contribution in [0.3, 0.4) is 0 Å². The van der Waals surface area contributed by atoms with Gasteiger partial charge in [-0.3, -0.25) is 9.59 Å². The summed E-state index contributed by atoms with van der Waals surface area (Å²) in [6, 6.07) is 13.4. The molecule has 0 bridgehead atoms. The highest BCUT2D eigenvalue weighted by molar-refractivity contribution is 5.88. The highest BCUT2D eigenvalue weighted by Crippen LogP contribution is 2.20. The summed E-state index contributed by atoms with van der Waals surface area (Å²) in [7, 11) is 0. The summed E-state index contributed by atoms with van der Waals surface area (Å²) >= 11 is 0. The first-order chi connectivity index (χ1) is 11.4. The number of fused-ring (bicyclic) bond motifs is 1. The average molecular weight is 364 g/mol. The zero-order valence-electron chi connectivity index (χ0n) is 14.8. The molecule has 25 heavy (non-hydrogen) atoms. The number of rotatable bonds is 6. The van der Waals surface area contributed by atoms with Gasteiger partial charge < -0.3 is 16.4 Å². The second-order valence-corrected chi connectivity index (χ2v) is 6.38. The third-order valence-corrected chi connectivity index (χ3v) is 4.10. The van der Waals surface area contributed by atoms with Gasteiger partial charge in [-0.1, -0.05) is 50.2 Å². The quantitative estimate of drug-likeness (QED) is 0.737. The lowest BCUT2D eigenvalue weighted by atomic mass is 10.0. The van der Waals surface area contributed by atoms with Crippen molar-refractivity contribution in [3.05, 3.63) is 48.0 Å². The number of amides is 2. The van der Waals surface area contributed by atoms with Crippen molar-refractivity contribution < 1.29 is 9.59 Å². The van der Waals surface area contributed by atoms with E-state index in [1.54, 1.807) is 0 Å². The van der Waals surface area contributed by atoms with Crippen LogP contribution in [0.4, 0.5) is 0 Å². The Morgan fingerprint density at radius 2 is 1.68 bits per heavy atom. The molecule has 0 radical (unpaired) electrons. The number of nitrogens with one attached hydrogen (secondary N) is 2. The van der Waals surface area contributed by atoms with Gasteiger partial charge in [0.25, 0.3) is 0 Å². The van der Waals surface area contributed by atoms with Crippen LogP contribution in [-0.4, -0.2) is 24.4 Å². The molecule has 0 fully saturated rings. The Bertz CT molecular complexity index is 733. The van der Waals surface area contributed by atoms with E-state index in [1.807, 2.05) is 51.1 Å². The van der Waals surface area contributed by atoms with Crippen LogP contribution in [0.15, 0.2) is 42.5 Å². The Balaban J connectivity index is 0.00000312. The van der Waals surface area contributed by atoms with E-state index < -0.39 is 6.04 Å². The molecule has 0 heterocycles. The number of hydrogen-bond acceptors (Lipinski definition) is 3. The fraction of sp³-hybridized carbons (Fsp3) is 0.368. The molecule has 5 nitrogen and oxygen atoms in total. The molecule has 0 aliphatic rings. The molecular formula is C19H26ClN3O2. The summed E-state index contributed by atoms with van der Waals surface area (Å²) < 4.78 is 0. The first-order valence-electron chi connectivity index (χ1n) is 8.20. The topological polar surface area (TPSA) is 84.2 Å². The summed E-state index contributed by atoms with van der Waals surface area (Å²) in [5.74, 6) is -0.511. The van der Waals surface area contributed by atoms with E-state index in [4.69, 9.17) is 5.73 Å². The van der Waals surface area contributed by atoms with Crippen molar-refractivity contribution in [2.75, 3.05) is 6.54 Å². The van der Waals surface area contributed by atoms with Crippen LogP contribution in [0.25, 0.3) is 10.8 Å². The SMILES string of the molecule is CC(NC(=O)CNC(=O)[C@@H](N)C(C)C)c1ccc2ccccc2c1.Cl. The minimum Gasteiger partial charge on any atom is -0.348 e. The maximum Gasteiger partial charge on any atom is 0.239 e. The summed E-state index contributed by atoms with van der Waals surface area (Å²) in [5, 5.41) is 7.76. The number of nitrogens with two attached hydrogens (primary N) is 1. The molecule has 0 saturated heterocycles. The van der Waals surface area contributed by atoms with Crippen molar-refractivity contribution >= 4 is 35.0 Å². The number of benzene rings is 2. The van der Waals surface area contributed by atoms with Gasteiger partial charge in [0, 0.05) is 0 Å². The molecule has 2 rings (SSSR count). The largest absolute Gasteiger partial charge is 0.348 e. The highest BCUT2D eigenvalue weighted by atomic mass is 35.5. The zero-order valence-corrected chi connectivity index (χ0v) is 15.6. The number of carbonyl (C=O) groups is 2. The summed E-state index contributed by atoms with van der Waals surface area (Å²) in [5.41, 5.74) is 6.77. The van der Waals surface area contributed by atoms with Gasteiger partial charge in [0.15, 0.2) is 0 Å². The van der Waals surface area contributed by atoms with Gasteiger partial charge in [-0.25, -0.2) is 0 Å². The molecule has 0 aliphatic heterocycles. The van der Waals surface area contributed by atoms with Crippen LogP contribution < -0.4 is 16.4 Å². The number of halogens is 1. The van der Waals surface area contributed by atoms with Crippen LogP contribution in [0.2, 0.25) is 0 Å². The fourth-order valence-electron chi connectivity index (χ4n) is 2.44. The van der Waals surface area contributed by atoms with E-state index in [0.717, 1.165) is 16.3 Å². The van der Waals surface area contributed by atoms with E-state index in [2.05, 4.69) is 22.8 Å². The molecule has 1 unspecified atom stereocenters. The van der Waals surface area contributed by atoms with Crippen molar-refractivity contribution in [1.82, 2.24) is 10.6 Å². The van der Waals surface area contributed by atoms with Gasteiger partial charge in [0.1, 0.15) is 0 Å². The van der Waals surface area contributed by atoms with Crippen molar-refractivity contribution in [2.45, 2.75) is 32.9 Å². The van der Waals surface area contributed by atoms with Crippen molar-refractivity contribution in [2.24, 2.45) is 11.7 Å². The minimum absolute atomic E-state index is 0. The standard InChI is InChI=1S/C19H25N3O2.ClH/c1-12(2)18(20)19(24)21-11-17(23)22-13(3)15-9-8-14-6-4-5-7-16(14)10-15;/h4-10,12-13,18H,11,20H2,1-3H3,(H,21,24)(H,22,23);1H/t13?,18-;/m0./s1. The second-order valence-electron chi connectivity index (χ2n) is 6.38. The van der Waals surface area contributed by atoms with E-state index in [9.17, 15) is 9.59 Å². The molecule has 4 N–H and O–H groups in total. The molecular weight excluding hydrogens is 338 g/mol. The summed E-state index contributed by atoms with van der Waals surface area (Å²) in [4.78, 5) is 23.8. The smallest absolute Gasteiger partial charge is 0.239 e. The maximum atomic E-state index is 12.0. The van der Waals surface area contributed by atoms with Gasteiger partial charge in [-0.2, -0.15) is 0 Å². The number of hydrogen-bond donors (Lipinski definition) is 3. The monoisotopic (exact) mass is 363 g/mol. The molecule has 2 aromatic rings. The van der Waals surface area contributed by atoms with Crippen LogP contribution in [0.5, 0.6) is 0 Å². The van der Waals surface area contributed by atoms with Crippen molar-refractivity contribution in [3.8, 4) is 0 Å². The van der Waals surface area contributed by atoms with Gasteiger partial charge >= 0.3 is 0 Å². The predicted octanol–water partition coefficient (Wildman–Crippen LogP) is 2.54. The van der Waals surface area contributed by atoms with Gasteiger partial charge in [0.2, 0.25) is 11.8 Å². The Morgan fingerprint density at radius 1 is 1.04 bits per heavy atom. The molecule has 2 atom stereocenters. The average Bonchev–Trinajstić information content (AvgIpc) is 2.58. The normalized spacial score (nSPS) is 13.0. The number of carbonyl (C=O) groups excluding carboxylic acids is 2. The third-order valence-electron chi connectivity index (χ3n) is 4.10. The molecule has 2 aromatic carbocycles. The lowest BCUT2D eigenvalue weighted by Gasteiger charge is -2.17. The molecule has 0 aliphatic carbocycles. The molecule has 0 spiro atoms. The van der Waals surface area contributed by atoms with Gasteiger partial charge in [-0.05, 0) is 35.2 Å². The lowest BCUT2D eigenvalue weighted by molar-refractivity contribution is -0.127. The third kappa shape index (κ3) is 5.73. The lowest BCUT2D eigenvalue weighted by Crippen LogP contribution is -2.47. The summed E-state index contributed by atoms with van der Waals surface area (Å²) in [6.07, 6.45) is 0. The molecule has 136 valence electrons. The highest BCUT2D eigenvalue weighted by Gasteiger charge is 2.18. The Hall–Kier alpha value is -2.11. The Morgan fingerprint density at radius 3 is 2.32 bits per heavy atom. The minimum atomic E-state index is -0.601.